The normalized spacial score (nSPS) is 27.2. The van der Waals surface area contributed by atoms with Crippen LogP contribution in [0.5, 0.6) is 0 Å². The van der Waals surface area contributed by atoms with Gasteiger partial charge in [0, 0.05) is 35.6 Å². The number of halogens is 1. The first-order chi connectivity index (χ1) is 12.7. The van der Waals surface area contributed by atoms with Crippen molar-refractivity contribution in [3.05, 3.63) is 35.5 Å². The summed E-state index contributed by atoms with van der Waals surface area (Å²) < 4.78 is 0. The molecule has 2 fully saturated rings. The Labute approximate surface area is 168 Å². The largest absolute Gasteiger partial charge is 0.361 e. The molecule has 27 heavy (non-hydrogen) atoms. The standard InChI is InChI=1S/C22H31N3O.ClH/c1-2-14-5-4-8-19-17(13-25-21(14)19)9-10-24-22(26)18-11-15-6-3-7-16(12-18)20(15)23;/h4-5,8,13,15-16,18,20,25H,2-3,6-7,9-12,23H2,1H3,(H,24,26);1H. The molecule has 1 aromatic heterocycles. The van der Waals surface area contributed by atoms with Gasteiger partial charge in [0.25, 0.3) is 0 Å². The van der Waals surface area contributed by atoms with Crippen molar-refractivity contribution < 1.29 is 4.79 Å². The number of carbonyl (C=O) groups excluding carboxylic acids is 1. The predicted octanol–water partition coefficient (Wildman–Crippen LogP) is 3.96. The van der Waals surface area contributed by atoms with Gasteiger partial charge in [-0.15, -0.1) is 12.4 Å². The second-order valence-corrected chi connectivity index (χ2v) is 8.24. The molecule has 4 nitrogen and oxygen atoms in total. The zero-order chi connectivity index (χ0) is 18.1. The highest BCUT2D eigenvalue weighted by molar-refractivity contribution is 5.86. The van der Waals surface area contributed by atoms with E-state index < -0.39 is 0 Å². The van der Waals surface area contributed by atoms with Gasteiger partial charge in [-0.3, -0.25) is 4.79 Å². The van der Waals surface area contributed by atoms with Crippen LogP contribution in [0.4, 0.5) is 0 Å². The summed E-state index contributed by atoms with van der Waals surface area (Å²) in [6.45, 7) is 2.89. The summed E-state index contributed by atoms with van der Waals surface area (Å²) in [6.07, 6.45) is 9.66. The van der Waals surface area contributed by atoms with Gasteiger partial charge in [0.2, 0.25) is 5.91 Å². The van der Waals surface area contributed by atoms with Gasteiger partial charge in [-0.25, -0.2) is 0 Å². The van der Waals surface area contributed by atoms with Gasteiger partial charge in [0.05, 0.1) is 0 Å². The number of hydrogen-bond acceptors (Lipinski definition) is 2. The number of nitrogens with one attached hydrogen (secondary N) is 2. The predicted molar refractivity (Wildman–Crippen MR) is 113 cm³/mol. The minimum atomic E-state index is 0. The van der Waals surface area contributed by atoms with Crippen molar-refractivity contribution in [2.45, 2.75) is 57.9 Å². The maximum atomic E-state index is 12.7. The maximum Gasteiger partial charge on any atom is 0.223 e. The quantitative estimate of drug-likeness (QED) is 0.724. The number of amides is 1. The van der Waals surface area contributed by atoms with E-state index in [0.29, 0.717) is 24.4 Å². The summed E-state index contributed by atoms with van der Waals surface area (Å²) in [5, 5.41) is 4.48. The van der Waals surface area contributed by atoms with Crippen LogP contribution in [0.1, 0.15) is 50.2 Å². The van der Waals surface area contributed by atoms with Gasteiger partial charge < -0.3 is 16.0 Å². The molecule has 1 amide bonds. The van der Waals surface area contributed by atoms with Crippen molar-refractivity contribution in [2.75, 3.05) is 6.54 Å². The molecule has 2 aliphatic rings. The summed E-state index contributed by atoms with van der Waals surface area (Å²) in [7, 11) is 0. The number of carbonyl (C=O) groups is 1. The van der Waals surface area contributed by atoms with E-state index in [0.717, 1.165) is 25.7 Å². The highest BCUT2D eigenvalue weighted by Gasteiger charge is 2.40. The molecule has 148 valence electrons. The molecule has 1 heterocycles. The van der Waals surface area contributed by atoms with Crippen LogP contribution in [0.3, 0.4) is 0 Å². The molecule has 0 aliphatic heterocycles. The van der Waals surface area contributed by atoms with Gasteiger partial charge in [-0.1, -0.05) is 31.5 Å². The van der Waals surface area contributed by atoms with Gasteiger partial charge in [0.15, 0.2) is 0 Å². The molecule has 0 spiro atoms. The molecule has 4 rings (SSSR count). The third-order valence-electron chi connectivity index (χ3n) is 6.75. The van der Waals surface area contributed by atoms with Crippen LogP contribution in [-0.2, 0) is 17.6 Å². The molecule has 2 bridgehead atoms. The van der Waals surface area contributed by atoms with Crippen LogP contribution < -0.4 is 11.1 Å². The Balaban J connectivity index is 0.00000210. The molecule has 0 saturated heterocycles. The van der Waals surface area contributed by atoms with Gasteiger partial charge in [-0.05, 0) is 61.5 Å². The summed E-state index contributed by atoms with van der Waals surface area (Å²) >= 11 is 0. The monoisotopic (exact) mass is 389 g/mol. The molecular weight excluding hydrogens is 358 g/mol. The third kappa shape index (κ3) is 4.02. The SMILES string of the molecule is CCc1cccc2c(CCNC(=O)C3CC4CCCC(C3)C4N)c[nH]c12.Cl. The molecule has 2 aromatic rings. The number of para-hydroxylation sites is 1. The van der Waals surface area contributed by atoms with Gasteiger partial charge >= 0.3 is 0 Å². The minimum absolute atomic E-state index is 0. The molecule has 1 aromatic carbocycles. The van der Waals surface area contributed by atoms with Crippen molar-refractivity contribution in [3.63, 3.8) is 0 Å². The number of nitrogens with two attached hydrogens (primary N) is 1. The van der Waals surface area contributed by atoms with Crippen molar-refractivity contribution in [1.29, 1.82) is 0 Å². The van der Waals surface area contributed by atoms with E-state index in [-0.39, 0.29) is 24.2 Å². The highest BCUT2D eigenvalue weighted by Crippen LogP contribution is 2.41. The summed E-state index contributed by atoms with van der Waals surface area (Å²) in [6, 6.07) is 6.80. The molecule has 2 unspecified atom stereocenters. The van der Waals surface area contributed by atoms with E-state index in [2.05, 4.69) is 41.6 Å². The number of fused-ring (bicyclic) bond motifs is 3. The van der Waals surface area contributed by atoms with Crippen molar-refractivity contribution >= 4 is 29.2 Å². The van der Waals surface area contributed by atoms with Crippen LogP contribution >= 0.6 is 12.4 Å². The van der Waals surface area contributed by atoms with Crippen LogP contribution in [0, 0.1) is 17.8 Å². The second-order valence-electron chi connectivity index (χ2n) is 8.24. The number of H-pyrrole nitrogens is 1. The molecular formula is C22H32ClN3O. The Bertz CT molecular complexity index is 773. The average Bonchev–Trinajstić information content (AvgIpc) is 3.04. The number of aromatic amines is 1. The summed E-state index contributed by atoms with van der Waals surface area (Å²) in [5.41, 5.74) is 10.2. The Hall–Kier alpha value is -1.52. The van der Waals surface area contributed by atoms with E-state index >= 15 is 0 Å². The number of rotatable bonds is 5. The fraction of sp³-hybridized carbons (Fsp3) is 0.591. The molecule has 4 N–H and O–H groups in total. The first-order valence-corrected chi connectivity index (χ1v) is 10.3. The highest BCUT2D eigenvalue weighted by atomic mass is 35.5. The Morgan fingerprint density at radius 1 is 1.22 bits per heavy atom. The fourth-order valence-corrected chi connectivity index (χ4v) is 5.24. The lowest BCUT2D eigenvalue weighted by Crippen LogP contribution is -2.49. The number of benzene rings is 1. The molecule has 2 aliphatic carbocycles. The van der Waals surface area contributed by atoms with E-state index in [9.17, 15) is 4.79 Å². The zero-order valence-corrected chi connectivity index (χ0v) is 17.0. The van der Waals surface area contributed by atoms with E-state index in [1.165, 1.54) is 41.3 Å². The molecule has 5 heteroatoms. The third-order valence-corrected chi connectivity index (χ3v) is 6.75. The minimum Gasteiger partial charge on any atom is -0.361 e. The summed E-state index contributed by atoms with van der Waals surface area (Å²) in [4.78, 5) is 16.1. The van der Waals surface area contributed by atoms with E-state index in [4.69, 9.17) is 5.73 Å². The Morgan fingerprint density at radius 3 is 2.67 bits per heavy atom. The second kappa shape index (κ2) is 8.66. The lowest BCUT2D eigenvalue weighted by Gasteiger charge is -2.43. The first-order valence-electron chi connectivity index (χ1n) is 10.3. The van der Waals surface area contributed by atoms with Gasteiger partial charge in [-0.2, -0.15) is 0 Å². The topological polar surface area (TPSA) is 70.9 Å². The van der Waals surface area contributed by atoms with Gasteiger partial charge in [0.1, 0.15) is 0 Å². The summed E-state index contributed by atoms with van der Waals surface area (Å²) in [5.74, 6) is 1.52. The molecule has 0 radical (unpaired) electrons. The van der Waals surface area contributed by atoms with Crippen LogP contribution in [-0.4, -0.2) is 23.5 Å². The number of aryl methyl sites for hydroxylation is 1. The van der Waals surface area contributed by atoms with Crippen molar-refractivity contribution in [1.82, 2.24) is 10.3 Å². The number of hydrogen-bond donors (Lipinski definition) is 3. The van der Waals surface area contributed by atoms with E-state index in [1.54, 1.807) is 0 Å². The van der Waals surface area contributed by atoms with Crippen molar-refractivity contribution in [3.8, 4) is 0 Å². The zero-order valence-electron chi connectivity index (χ0n) is 16.2. The molecule has 2 saturated carbocycles. The van der Waals surface area contributed by atoms with Crippen LogP contribution in [0.25, 0.3) is 10.9 Å². The smallest absolute Gasteiger partial charge is 0.223 e. The number of aromatic nitrogens is 1. The van der Waals surface area contributed by atoms with E-state index in [1.807, 2.05) is 0 Å². The van der Waals surface area contributed by atoms with Crippen molar-refractivity contribution in [2.24, 2.45) is 23.5 Å². The lowest BCUT2D eigenvalue weighted by molar-refractivity contribution is -0.127. The van der Waals surface area contributed by atoms with Crippen LogP contribution in [0.2, 0.25) is 0 Å². The lowest BCUT2D eigenvalue weighted by atomic mass is 9.65. The van der Waals surface area contributed by atoms with Crippen LogP contribution in [0.15, 0.2) is 24.4 Å². The molecule has 2 atom stereocenters. The maximum absolute atomic E-state index is 12.7. The average molecular weight is 390 g/mol. The Kier molecular flexibility index (Phi) is 6.48. The first kappa shape index (κ1) is 20.2. The fourth-order valence-electron chi connectivity index (χ4n) is 5.24. The Morgan fingerprint density at radius 2 is 1.96 bits per heavy atom.